The molecule has 0 amide bonds. The number of ketones is 1. The molecule has 0 aliphatic heterocycles. The number of hydrogen-bond donors (Lipinski definition) is 1. The van der Waals surface area contributed by atoms with Gasteiger partial charge in [-0.2, -0.15) is 0 Å². The number of fused-ring (bicyclic) bond motifs is 3. The van der Waals surface area contributed by atoms with Crippen LogP contribution >= 0.6 is 0 Å². The summed E-state index contributed by atoms with van der Waals surface area (Å²) in [4.78, 5) is 67.4. The Kier molecular flexibility index (Phi) is 10.5. The lowest BCUT2D eigenvalue weighted by atomic mass is 9.47. The van der Waals surface area contributed by atoms with Gasteiger partial charge in [-0.3, -0.25) is 24.0 Å². The fourth-order valence-corrected chi connectivity index (χ4v) is 8.31. The van der Waals surface area contributed by atoms with Gasteiger partial charge in [0.1, 0.15) is 23.9 Å². The molecule has 0 spiro atoms. The first-order valence-electron chi connectivity index (χ1n) is 16.3. The van der Waals surface area contributed by atoms with Crippen molar-refractivity contribution in [3.63, 3.8) is 0 Å². The topological polar surface area (TPSA) is 146 Å². The smallest absolute Gasteiger partial charge is 0.308 e. The minimum Gasteiger partial charge on any atom is -0.459 e. The number of allylic oxidation sites excluding steroid dienone is 1. The van der Waals surface area contributed by atoms with Crippen molar-refractivity contribution in [1.82, 2.24) is 4.90 Å². The van der Waals surface area contributed by atoms with Crippen LogP contribution in [0.4, 0.5) is 0 Å². The lowest BCUT2D eigenvalue weighted by Crippen LogP contribution is -2.70. The Morgan fingerprint density at radius 3 is 2.04 bits per heavy atom. The van der Waals surface area contributed by atoms with Gasteiger partial charge in [-0.25, -0.2) is 0 Å². The second kappa shape index (κ2) is 13.6. The Hall–Kier alpha value is -3.83. The van der Waals surface area contributed by atoms with Crippen molar-refractivity contribution in [3.05, 3.63) is 59.2 Å². The summed E-state index contributed by atoms with van der Waals surface area (Å²) in [6.07, 6.45) is -4.57. The Labute approximate surface area is 282 Å². The molecule has 262 valence electrons. The van der Waals surface area contributed by atoms with E-state index in [9.17, 15) is 29.1 Å². The number of ether oxygens (including phenoxy) is 4. The number of benzene rings is 1. The Bertz CT molecular complexity index is 1510. The standard InChI is InChI=1S/C37H49NO10/c1-20-27(42)19-37(44)33(46-23(4)40)31-21(2)28(48-29(43)18-26(38(9)10)25-14-12-11-13-15-25)16-17-36(31,8)34(47-24(5)41)32(45-22(3)39)30(20)35(37,6)7/h11-15,26,28,31-34,44H,2,16-19H2,1,3-10H3/t26-,28+,31+,32-,33+,34+,36-,37-/m1/s1. The molecule has 2 fully saturated rings. The molecule has 1 aromatic carbocycles. The van der Waals surface area contributed by atoms with Crippen LogP contribution in [0.3, 0.4) is 0 Å². The molecule has 0 saturated heterocycles. The molecule has 0 aromatic heterocycles. The van der Waals surface area contributed by atoms with E-state index in [1.54, 1.807) is 27.7 Å². The third kappa shape index (κ3) is 6.59. The summed E-state index contributed by atoms with van der Waals surface area (Å²) in [5.41, 5.74) is -2.72. The van der Waals surface area contributed by atoms with Crippen LogP contribution in [-0.4, -0.2) is 83.8 Å². The molecule has 1 N–H and O–H groups in total. The van der Waals surface area contributed by atoms with E-state index >= 15 is 0 Å². The van der Waals surface area contributed by atoms with Crippen molar-refractivity contribution >= 4 is 29.7 Å². The van der Waals surface area contributed by atoms with Gasteiger partial charge in [-0.05, 0) is 56.1 Å². The van der Waals surface area contributed by atoms with Crippen LogP contribution in [0, 0.1) is 16.7 Å². The van der Waals surface area contributed by atoms with Crippen molar-refractivity contribution in [3.8, 4) is 0 Å². The number of esters is 4. The van der Waals surface area contributed by atoms with Gasteiger partial charge < -0.3 is 29.0 Å². The van der Waals surface area contributed by atoms with Gasteiger partial charge in [-0.15, -0.1) is 0 Å². The van der Waals surface area contributed by atoms with E-state index in [0.717, 1.165) is 5.56 Å². The summed E-state index contributed by atoms with van der Waals surface area (Å²) in [5, 5.41) is 12.8. The predicted molar refractivity (Wildman–Crippen MR) is 175 cm³/mol. The molecule has 2 bridgehead atoms. The number of carbonyl (C=O) groups excluding carboxylic acids is 5. The maximum atomic E-state index is 13.7. The number of hydrogen-bond acceptors (Lipinski definition) is 11. The van der Waals surface area contributed by atoms with E-state index in [2.05, 4.69) is 6.58 Å². The van der Waals surface area contributed by atoms with Gasteiger partial charge in [0.25, 0.3) is 0 Å². The first kappa shape index (κ1) is 37.0. The highest BCUT2D eigenvalue weighted by Gasteiger charge is 2.69. The monoisotopic (exact) mass is 667 g/mol. The Morgan fingerprint density at radius 1 is 0.938 bits per heavy atom. The molecule has 0 radical (unpaired) electrons. The van der Waals surface area contributed by atoms with Gasteiger partial charge in [0.05, 0.1) is 6.42 Å². The molecule has 2 saturated carbocycles. The molecular weight excluding hydrogens is 618 g/mol. The second-order valence-electron chi connectivity index (χ2n) is 14.4. The minimum absolute atomic E-state index is 0.0413. The van der Waals surface area contributed by atoms with Crippen molar-refractivity contribution in [1.29, 1.82) is 0 Å². The van der Waals surface area contributed by atoms with Crippen molar-refractivity contribution in [2.24, 2.45) is 16.7 Å². The van der Waals surface area contributed by atoms with Crippen molar-refractivity contribution in [2.75, 3.05) is 14.1 Å². The van der Waals surface area contributed by atoms with Gasteiger partial charge in [0.2, 0.25) is 0 Å². The average molecular weight is 668 g/mol. The van der Waals surface area contributed by atoms with Crippen LogP contribution in [-0.2, 0) is 42.9 Å². The number of aliphatic hydroxyl groups is 1. The summed E-state index contributed by atoms with van der Waals surface area (Å²) in [5.74, 6) is -3.98. The quantitative estimate of drug-likeness (QED) is 0.239. The first-order valence-corrected chi connectivity index (χ1v) is 16.3. The average Bonchev–Trinajstić information content (AvgIpc) is 2.97. The molecule has 8 atom stereocenters. The van der Waals surface area contributed by atoms with Gasteiger partial charge in [0, 0.05) is 50.0 Å². The van der Waals surface area contributed by atoms with E-state index in [4.69, 9.17) is 18.9 Å². The molecule has 3 aliphatic rings. The highest BCUT2D eigenvalue weighted by Crippen LogP contribution is 2.62. The fraction of sp³-hybridized carbons (Fsp3) is 0.595. The summed E-state index contributed by atoms with van der Waals surface area (Å²) < 4.78 is 24.0. The zero-order valence-corrected chi connectivity index (χ0v) is 29.5. The Morgan fingerprint density at radius 2 is 1.50 bits per heavy atom. The zero-order valence-electron chi connectivity index (χ0n) is 29.5. The maximum absolute atomic E-state index is 13.7. The molecule has 3 aliphatic carbocycles. The molecule has 0 unspecified atom stereocenters. The van der Waals surface area contributed by atoms with Gasteiger partial charge in [-0.1, -0.05) is 57.7 Å². The maximum Gasteiger partial charge on any atom is 0.308 e. The van der Waals surface area contributed by atoms with E-state index in [0.29, 0.717) is 5.57 Å². The van der Waals surface area contributed by atoms with Crippen LogP contribution in [0.1, 0.15) is 85.8 Å². The number of Topliss-reactive ketones (excluding diaryl/α,β-unsaturated/α-hetero) is 1. The molecule has 48 heavy (non-hydrogen) atoms. The SMILES string of the molecule is C=C1[C@@H](OC(=O)C[C@H](c2ccccc2)N(C)C)CC[C@@]2(C)[C@@H](OC(C)=O)[C@H](OC(C)=O)C3=C(C)C(=O)C[C@@](O)([C@@H](OC(C)=O)[C@H]12)C3(C)C. The summed E-state index contributed by atoms with van der Waals surface area (Å²) in [7, 11) is 3.75. The zero-order chi connectivity index (χ0) is 35.9. The van der Waals surface area contributed by atoms with Crippen LogP contribution in [0.5, 0.6) is 0 Å². The van der Waals surface area contributed by atoms with Crippen LogP contribution in [0.2, 0.25) is 0 Å². The predicted octanol–water partition coefficient (Wildman–Crippen LogP) is 4.42. The Balaban J connectivity index is 1.87. The lowest BCUT2D eigenvalue weighted by molar-refractivity contribution is -0.235. The summed E-state index contributed by atoms with van der Waals surface area (Å²) >= 11 is 0. The third-order valence-electron chi connectivity index (χ3n) is 10.8. The van der Waals surface area contributed by atoms with Crippen LogP contribution in [0.15, 0.2) is 53.6 Å². The molecule has 4 rings (SSSR count). The largest absolute Gasteiger partial charge is 0.459 e. The second-order valence-corrected chi connectivity index (χ2v) is 14.4. The fourth-order valence-electron chi connectivity index (χ4n) is 8.31. The number of rotatable bonds is 8. The highest BCUT2D eigenvalue weighted by molar-refractivity contribution is 5.98. The van der Waals surface area contributed by atoms with Gasteiger partial charge >= 0.3 is 23.9 Å². The van der Waals surface area contributed by atoms with Crippen molar-refractivity contribution < 1.29 is 48.0 Å². The number of carbonyl (C=O) groups is 5. The molecule has 11 heteroatoms. The minimum atomic E-state index is -2.02. The lowest BCUT2D eigenvalue weighted by Gasteiger charge is -2.62. The van der Waals surface area contributed by atoms with E-state index < -0.39 is 82.8 Å². The number of nitrogens with zero attached hydrogens (tertiary/aromatic N) is 1. The summed E-state index contributed by atoms with van der Waals surface area (Å²) in [6, 6.07) is 9.31. The van der Waals surface area contributed by atoms with Gasteiger partial charge in [0.15, 0.2) is 11.9 Å². The summed E-state index contributed by atoms with van der Waals surface area (Å²) in [6.45, 7) is 14.8. The van der Waals surface area contributed by atoms with E-state index in [1.165, 1.54) is 20.8 Å². The molecule has 0 heterocycles. The first-order chi connectivity index (χ1) is 22.3. The van der Waals surface area contributed by atoms with Crippen LogP contribution < -0.4 is 0 Å². The van der Waals surface area contributed by atoms with E-state index in [-0.39, 0.29) is 36.5 Å². The van der Waals surface area contributed by atoms with Crippen molar-refractivity contribution in [2.45, 2.75) is 110 Å². The molecule has 11 nitrogen and oxygen atoms in total. The van der Waals surface area contributed by atoms with E-state index in [1.807, 2.05) is 49.3 Å². The third-order valence-corrected chi connectivity index (χ3v) is 10.8. The molecular formula is C37H49NO10. The molecule has 1 aromatic rings. The highest BCUT2D eigenvalue weighted by atomic mass is 16.6. The normalized spacial score (nSPS) is 31.9. The van der Waals surface area contributed by atoms with Crippen LogP contribution in [0.25, 0.3) is 0 Å².